The maximum Gasteiger partial charge on any atom is 0.296 e. The van der Waals surface area contributed by atoms with Crippen LogP contribution >= 0.6 is 0 Å². The minimum atomic E-state index is -0.914. The summed E-state index contributed by atoms with van der Waals surface area (Å²) in [6.45, 7) is 0. The molecule has 0 radical (unpaired) electrons. The summed E-state index contributed by atoms with van der Waals surface area (Å²) in [6.07, 6.45) is 3.32. The first-order chi connectivity index (χ1) is 11.1. The number of benzene rings is 1. The summed E-state index contributed by atoms with van der Waals surface area (Å²) >= 11 is 0. The topological polar surface area (TPSA) is 73.9 Å². The Labute approximate surface area is 131 Å². The number of rotatable bonds is 2. The molecule has 5 nitrogen and oxygen atoms in total. The summed E-state index contributed by atoms with van der Waals surface area (Å²) in [4.78, 5) is 24.4. The predicted molar refractivity (Wildman–Crippen MR) is 79.2 cm³/mol. The highest BCUT2D eigenvalue weighted by Gasteiger charge is 2.48. The van der Waals surface area contributed by atoms with Gasteiger partial charge in [-0.05, 0) is 11.9 Å². The molecule has 3 rings (SSSR count). The van der Waals surface area contributed by atoms with Crippen molar-refractivity contribution in [3.63, 3.8) is 0 Å². The van der Waals surface area contributed by atoms with Gasteiger partial charge in [0.05, 0.1) is 11.5 Å². The van der Waals surface area contributed by atoms with Crippen molar-refractivity contribution < 1.29 is 18.5 Å². The second-order valence-electron chi connectivity index (χ2n) is 5.12. The Morgan fingerprint density at radius 3 is 2.43 bits per heavy atom. The van der Waals surface area contributed by atoms with E-state index in [-0.39, 0.29) is 11.1 Å². The number of hydrogen-bond donors (Lipinski definition) is 2. The van der Waals surface area contributed by atoms with E-state index in [0.29, 0.717) is 0 Å². The molecular weight excluding hydrogens is 297 g/mol. The third-order valence-electron chi connectivity index (χ3n) is 3.81. The maximum absolute atomic E-state index is 14.3. The average molecular weight is 310 g/mol. The van der Waals surface area contributed by atoms with Crippen molar-refractivity contribution in [1.82, 2.24) is 5.32 Å². The summed E-state index contributed by atoms with van der Waals surface area (Å²) < 4.78 is 15.9. The largest absolute Gasteiger partial charge is 0.296 e. The number of pyridine rings is 1. The van der Waals surface area contributed by atoms with Gasteiger partial charge in [0, 0.05) is 17.7 Å². The summed E-state index contributed by atoms with van der Waals surface area (Å²) in [6, 6.07) is 10.3. The lowest BCUT2D eigenvalue weighted by Crippen LogP contribution is -2.57. The predicted octanol–water partition coefficient (Wildman–Crippen LogP) is 1.27. The van der Waals surface area contributed by atoms with E-state index in [2.05, 4.69) is 11.2 Å². The summed E-state index contributed by atoms with van der Waals surface area (Å²) in [5.74, 6) is -0.635. The average Bonchev–Trinajstić information content (AvgIpc) is 2.55. The van der Waals surface area contributed by atoms with Gasteiger partial charge < -0.3 is 0 Å². The van der Waals surface area contributed by atoms with E-state index in [1.807, 2.05) is 0 Å². The number of piperidine rings is 1. The highest BCUT2D eigenvalue weighted by atomic mass is 19.1. The fourth-order valence-corrected chi connectivity index (χ4v) is 2.80. The third kappa shape index (κ3) is 2.56. The van der Waals surface area contributed by atoms with E-state index in [0.717, 1.165) is 0 Å². The van der Waals surface area contributed by atoms with Crippen LogP contribution in [0.2, 0.25) is 0 Å². The van der Waals surface area contributed by atoms with E-state index >= 15 is 0 Å². The van der Waals surface area contributed by atoms with Crippen molar-refractivity contribution in [3.8, 4) is 0 Å². The zero-order valence-electron chi connectivity index (χ0n) is 12.0. The van der Waals surface area contributed by atoms with E-state index in [1.165, 1.54) is 18.2 Å². The zero-order valence-corrected chi connectivity index (χ0v) is 12.0. The number of nitrogens with one attached hydrogen (secondary N) is 2. The number of imide groups is 1. The molecule has 2 aromatic rings. The maximum atomic E-state index is 14.3. The molecule has 2 amide bonds. The van der Waals surface area contributed by atoms with Gasteiger partial charge in [-0.3, -0.25) is 20.3 Å². The number of amides is 2. The van der Waals surface area contributed by atoms with Gasteiger partial charge in [0.15, 0.2) is 12.4 Å². The quantitative estimate of drug-likeness (QED) is 0.379. The Kier molecular flexibility index (Phi) is 3.83. The van der Waals surface area contributed by atoms with Crippen LogP contribution in [0.1, 0.15) is 17.5 Å². The Morgan fingerprint density at radius 1 is 1.09 bits per heavy atom. The van der Waals surface area contributed by atoms with Crippen LogP contribution in [0.3, 0.4) is 0 Å². The molecule has 1 aromatic carbocycles. The van der Waals surface area contributed by atoms with Crippen LogP contribution in [0.25, 0.3) is 0 Å². The second-order valence-corrected chi connectivity index (χ2v) is 5.12. The standard InChI is InChI=1S/C17H12FN3O2/c18-13-7-3-2-6-11(13)14-12(10-19)16(22)20-17(23)15(14)21-8-4-1-5-9-21/h1-9,14-15,19H/p+1/t14-,15-/m1/s1. The number of aromatic nitrogens is 1. The molecule has 1 fully saturated rings. The van der Waals surface area contributed by atoms with E-state index in [4.69, 9.17) is 5.41 Å². The second kappa shape index (κ2) is 5.94. The number of hydrogen-bond acceptors (Lipinski definition) is 3. The lowest BCUT2D eigenvalue weighted by Gasteiger charge is -2.27. The molecule has 2 N–H and O–H groups in total. The van der Waals surface area contributed by atoms with Crippen LogP contribution in [-0.4, -0.2) is 17.7 Å². The van der Waals surface area contributed by atoms with Gasteiger partial charge in [-0.25, -0.2) is 4.39 Å². The van der Waals surface area contributed by atoms with Crippen LogP contribution in [-0.2, 0) is 9.59 Å². The molecule has 1 aliphatic rings. The van der Waals surface area contributed by atoms with Crippen LogP contribution in [0.15, 0.2) is 60.4 Å². The molecule has 114 valence electrons. The molecule has 0 unspecified atom stereocenters. The van der Waals surface area contributed by atoms with Gasteiger partial charge in [0.1, 0.15) is 5.82 Å². The normalized spacial score (nSPS) is 20.8. The Morgan fingerprint density at radius 2 is 1.78 bits per heavy atom. The lowest BCUT2D eigenvalue weighted by molar-refractivity contribution is -0.711. The van der Waals surface area contributed by atoms with E-state index < -0.39 is 29.6 Å². The lowest BCUT2D eigenvalue weighted by atomic mass is 9.81. The highest BCUT2D eigenvalue weighted by Crippen LogP contribution is 2.35. The SMILES string of the molecule is N=C=C1C(=O)NC(=O)[C@H]([n+]2ccccc2)[C@@H]1c1ccccc1F. The van der Waals surface area contributed by atoms with Crippen molar-refractivity contribution in [2.75, 3.05) is 0 Å². The van der Waals surface area contributed by atoms with Gasteiger partial charge in [0.25, 0.3) is 11.8 Å². The first-order valence-corrected chi connectivity index (χ1v) is 6.98. The van der Waals surface area contributed by atoms with Gasteiger partial charge >= 0.3 is 0 Å². The summed E-state index contributed by atoms with van der Waals surface area (Å²) in [5, 5.41) is 9.61. The van der Waals surface area contributed by atoms with Gasteiger partial charge in [-0.15, -0.1) is 0 Å². The molecule has 0 aliphatic carbocycles. The molecular formula is C17H13FN3O2+. The number of nitrogens with zero attached hydrogens (tertiary/aromatic N) is 1. The fourth-order valence-electron chi connectivity index (χ4n) is 2.80. The zero-order chi connectivity index (χ0) is 16.4. The molecule has 1 aliphatic heterocycles. The van der Waals surface area contributed by atoms with E-state index in [9.17, 15) is 14.0 Å². The van der Waals surface area contributed by atoms with Crippen LogP contribution in [0, 0.1) is 11.2 Å². The smallest absolute Gasteiger partial charge is 0.286 e. The van der Waals surface area contributed by atoms with E-state index in [1.54, 1.807) is 41.2 Å². The molecule has 0 saturated carbocycles. The third-order valence-corrected chi connectivity index (χ3v) is 3.81. The highest BCUT2D eigenvalue weighted by molar-refractivity contribution is 6.13. The Balaban J connectivity index is 2.22. The molecule has 2 heterocycles. The van der Waals surface area contributed by atoms with Crippen molar-refractivity contribution in [3.05, 3.63) is 71.8 Å². The van der Waals surface area contributed by atoms with Crippen molar-refractivity contribution in [1.29, 1.82) is 5.41 Å². The van der Waals surface area contributed by atoms with Crippen LogP contribution in [0.5, 0.6) is 0 Å². The molecule has 2 atom stereocenters. The van der Waals surface area contributed by atoms with Crippen molar-refractivity contribution in [2.24, 2.45) is 0 Å². The summed E-state index contributed by atoms with van der Waals surface area (Å²) in [5.41, 5.74) is 0.114. The van der Waals surface area contributed by atoms with Gasteiger partial charge in [-0.2, -0.15) is 4.57 Å². The fraction of sp³-hybridized carbons (Fsp3) is 0.118. The number of carbonyl (C=O) groups excluding carboxylic acids is 2. The molecule has 6 heteroatoms. The van der Waals surface area contributed by atoms with Crippen LogP contribution in [0.4, 0.5) is 4.39 Å². The minimum absolute atomic E-state index is 0.0731. The monoisotopic (exact) mass is 310 g/mol. The molecule has 23 heavy (non-hydrogen) atoms. The first kappa shape index (κ1) is 14.8. The van der Waals surface area contributed by atoms with Gasteiger partial charge in [0.2, 0.25) is 6.04 Å². The van der Waals surface area contributed by atoms with Crippen molar-refractivity contribution >= 4 is 17.7 Å². The van der Waals surface area contributed by atoms with Crippen molar-refractivity contribution in [2.45, 2.75) is 12.0 Å². The summed E-state index contributed by atoms with van der Waals surface area (Å²) in [7, 11) is 0. The molecule has 1 saturated heterocycles. The molecule has 0 spiro atoms. The van der Waals surface area contributed by atoms with Crippen LogP contribution < -0.4 is 9.88 Å². The molecule has 1 aromatic heterocycles. The van der Waals surface area contributed by atoms with Gasteiger partial charge in [-0.1, -0.05) is 24.3 Å². The molecule has 0 bridgehead atoms. The number of halogens is 1. The Bertz CT molecular complexity index is 829. The number of carbonyl (C=O) groups is 2. The first-order valence-electron chi connectivity index (χ1n) is 6.98. The Hall–Kier alpha value is -3.11. The minimum Gasteiger partial charge on any atom is -0.286 e.